The Hall–Kier alpha value is -0.610. The van der Waals surface area contributed by atoms with Crippen LogP contribution in [-0.2, 0) is 4.79 Å². The van der Waals surface area contributed by atoms with Crippen molar-refractivity contribution in [3.05, 3.63) is 0 Å². The van der Waals surface area contributed by atoms with E-state index < -0.39 is 0 Å². The lowest BCUT2D eigenvalue weighted by Gasteiger charge is -2.37. The highest BCUT2D eigenvalue weighted by atomic mass is 16.2. The van der Waals surface area contributed by atoms with Crippen LogP contribution in [-0.4, -0.2) is 43.0 Å². The first-order valence-electron chi connectivity index (χ1n) is 5.42. The Labute approximate surface area is 85.8 Å². The van der Waals surface area contributed by atoms with Crippen LogP contribution in [0.25, 0.3) is 0 Å². The van der Waals surface area contributed by atoms with E-state index >= 15 is 0 Å². The number of nitrogens with zero attached hydrogens (tertiary/aromatic N) is 1. The highest BCUT2D eigenvalue weighted by Crippen LogP contribution is 2.11. The van der Waals surface area contributed by atoms with Crippen LogP contribution in [0.2, 0.25) is 0 Å². The summed E-state index contributed by atoms with van der Waals surface area (Å²) in [6, 6.07) is 0.185. The maximum atomic E-state index is 11.9. The maximum Gasteiger partial charge on any atom is 0.225 e. The Balaban J connectivity index is 2.58. The van der Waals surface area contributed by atoms with Crippen LogP contribution in [0.4, 0.5) is 0 Å². The molecular weight excluding hydrogens is 178 g/mol. The van der Waals surface area contributed by atoms with Gasteiger partial charge in [0.15, 0.2) is 0 Å². The highest BCUT2D eigenvalue weighted by molar-refractivity contribution is 5.79. The summed E-state index contributed by atoms with van der Waals surface area (Å²) in [6.45, 7) is 7.09. The Morgan fingerprint density at radius 3 is 3.00 bits per heavy atom. The molecule has 1 aliphatic rings. The molecule has 14 heavy (non-hydrogen) atoms. The summed E-state index contributed by atoms with van der Waals surface area (Å²) in [5.41, 5.74) is 5.64. The number of hydrogen-bond donors (Lipinski definition) is 2. The van der Waals surface area contributed by atoms with Crippen LogP contribution in [0, 0.1) is 5.92 Å². The molecule has 0 aromatic rings. The molecule has 4 heteroatoms. The highest BCUT2D eigenvalue weighted by Gasteiger charge is 2.27. The third kappa shape index (κ3) is 2.45. The average Bonchev–Trinajstić information content (AvgIpc) is 2.26. The molecule has 1 aliphatic heterocycles. The molecule has 0 spiro atoms. The van der Waals surface area contributed by atoms with Crippen molar-refractivity contribution < 1.29 is 4.79 Å². The molecule has 2 atom stereocenters. The van der Waals surface area contributed by atoms with Gasteiger partial charge in [-0.05, 0) is 6.42 Å². The second-order valence-electron chi connectivity index (χ2n) is 3.93. The number of carbonyl (C=O) groups is 1. The van der Waals surface area contributed by atoms with Gasteiger partial charge in [0.2, 0.25) is 5.91 Å². The van der Waals surface area contributed by atoms with E-state index in [-0.39, 0.29) is 17.9 Å². The first-order valence-corrected chi connectivity index (χ1v) is 5.42. The van der Waals surface area contributed by atoms with Gasteiger partial charge in [0.1, 0.15) is 0 Å². The zero-order valence-electron chi connectivity index (χ0n) is 9.12. The number of hydrogen-bond acceptors (Lipinski definition) is 3. The molecule has 0 radical (unpaired) electrons. The lowest BCUT2D eigenvalue weighted by atomic mass is 10.1. The van der Waals surface area contributed by atoms with Crippen LogP contribution in [0.15, 0.2) is 0 Å². The van der Waals surface area contributed by atoms with Gasteiger partial charge in [0.25, 0.3) is 0 Å². The molecular formula is C10H21N3O. The van der Waals surface area contributed by atoms with Crippen molar-refractivity contribution >= 4 is 5.91 Å². The van der Waals surface area contributed by atoms with Crippen molar-refractivity contribution in [2.45, 2.75) is 26.3 Å². The third-order valence-electron chi connectivity index (χ3n) is 2.94. The van der Waals surface area contributed by atoms with Crippen LogP contribution in [0.3, 0.4) is 0 Å². The summed E-state index contributed by atoms with van der Waals surface area (Å²) in [5.74, 6) is 0.381. The lowest BCUT2D eigenvalue weighted by molar-refractivity contribution is -0.138. The molecule has 1 rings (SSSR count). The summed E-state index contributed by atoms with van der Waals surface area (Å²) in [4.78, 5) is 13.9. The van der Waals surface area contributed by atoms with Crippen LogP contribution in [0.1, 0.15) is 20.3 Å². The van der Waals surface area contributed by atoms with Crippen LogP contribution in [0.5, 0.6) is 0 Å². The molecule has 0 aliphatic carbocycles. The fraction of sp³-hybridized carbons (Fsp3) is 0.900. The maximum absolute atomic E-state index is 11.9. The third-order valence-corrected chi connectivity index (χ3v) is 2.94. The quantitative estimate of drug-likeness (QED) is 0.661. The van der Waals surface area contributed by atoms with Crippen molar-refractivity contribution in [3.63, 3.8) is 0 Å². The molecule has 4 nitrogen and oxygen atoms in total. The minimum absolute atomic E-state index is 0.127. The summed E-state index contributed by atoms with van der Waals surface area (Å²) < 4.78 is 0. The molecule has 1 saturated heterocycles. The Morgan fingerprint density at radius 2 is 2.43 bits per heavy atom. The van der Waals surface area contributed by atoms with Gasteiger partial charge in [-0.1, -0.05) is 13.8 Å². The molecule has 0 aromatic carbocycles. The summed E-state index contributed by atoms with van der Waals surface area (Å²) >= 11 is 0. The molecule has 3 N–H and O–H groups in total. The van der Waals surface area contributed by atoms with Crippen LogP contribution < -0.4 is 11.1 Å². The molecule has 82 valence electrons. The molecule has 0 aromatic heterocycles. The van der Waals surface area contributed by atoms with Gasteiger partial charge >= 0.3 is 0 Å². The van der Waals surface area contributed by atoms with E-state index in [1.165, 1.54) is 0 Å². The number of rotatable bonds is 3. The van der Waals surface area contributed by atoms with E-state index in [0.29, 0.717) is 6.54 Å². The molecule has 2 unspecified atom stereocenters. The smallest absolute Gasteiger partial charge is 0.225 e. The Bertz CT molecular complexity index is 196. The zero-order valence-corrected chi connectivity index (χ0v) is 9.12. The fourth-order valence-corrected chi connectivity index (χ4v) is 1.72. The number of piperazine rings is 1. The second kappa shape index (κ2) is 5.32. The normalized spacial score (nSPS) is 24.8. The van der Waals surface area contributed by atoms with Crippen molar-refractivity contribution in [2.75, 3.05) is 26.2 Å². The summed E-state index contributed by atoms with van der Waals surface area (Å²) in [7, 11) is 0. The van der Waals surface area contributed by atoms with E-state index in [9.17, 15) is 4.79 Å². The van der Waals surface area contributed by atoms with Crippen molar-refractivity contribution in [3.8, 4) is 0 Å². The van der Waals surface area contributed by atoms with E-state index in [1.54, 1.807) is 0 Å². The van der Waals surface area contributed by atoms with Gasteiger partial charge in [0, 0.05) is 32.1 Å². The number of carbonyl (C=O) groups excluding carboxylic acids is 1. The summed E-state index contributed by atoms with van der Waals surface area (Å²) in [5, 5.41) is 3.25. The Kier molecular flexibility index (Phi) is 4.35. The van der Waals surface area contributed by atoms with Gasteiger partial charge in [-0.25, -0.2) is 0 Å². The summed E-state index contributed by atoms with van der Waals surface area (Å²) in [6.07, 6.45) is 0.903. The molecule has 1 amide bonds. The first-order chi connectivity index (χ1) is 6.70. The monoisotopic (exact) mass is 199 g/mol. The van der Waals surface area contributed by atoms with E-state index in [4.69, 9.17) is 5.73 Å². The van der Waals surface area contributed by atoms with Gasteiger partial charge in [-0.2, -0.15) is 0 Å². The van der Waals surface area contributed by atoms with Crippen LogP contribution >= 0.6 is 0 Å². The minimum atomic E-state index is 0.127. The fourth-order valence-electron chi connectivity index (χ4n) is 1.72. The van der Waals surface area contributed by atoms with Gasteiger partial charge in [-0.3, -0.25) is 4.79 Å². The van der Waals surface area contributed by atoms with E-state index in [1.807, 2.05) is 18.7 Å². The van der Waals surface area contributed by atoms with Crippen molar-refractivity contribution in [1.29, 1.82) is 0 Å². The Morgan fingerprint density at radius 1 is 1.71 bits per heavy atom. The minimum Gasteiger partial charge on any atom is -0.336 e. The topological polar surface area (TPSA) is 58.4 Å². The molecule has 0 saturated carbocycles. The van der Waals surface area contributed by atoms with Crippen molar-refractivity contribution in [2.24, 2.45) is 11.7 Å². The first kappa shape index (κ1) is 11.5. The number of amides is 1. The van der Waals surface area contributed by atoms with E-state index in [0.717, 1.165) is 26.1 Å². The van der Waals surface area contributed by atoms with E-state index in [2.05, 4.69) is 5.32 Å². The second-order valence-corrected chi connectivity index (χ2v) is 3.93. The van der Waals surface area contributed by atoms with Gasteiger partial charge < -0.3 is 16.0 Å². The van der Waals surface area contributed by atoms with Gasteiger partial charge in [-0.15, -0.1) is 0 Å². The zero-order chi connectivity index (χ0) is 10.6. The SMILES string of the molecule is CCC(C)C(=O)N1CCNCC1CN. The van der Waals surface area contributed by atoms with Gasteiger partial charge in [0.05, 0.1) is 6.04 Å². The molecule has 0 bridgehead atoms. The number of nitrogens with two attached hydrogens (primary N) is 1. The molecule has 1 fully saturated rings. The number of nitrogens with one attached hydrogen (secondary N) is 1. The standard InChI is InChI=1S/C10H21N3O/c1-3-8(2)10(14)13-5-4-12-7-9(13)6-11/h8-9,12H,3-7,11H2,1-2H3. The predicted molar refractivity (Wildman–Crippen MR) is 56.9 cm³/mol. The molecule has 1 heterocycles. The predicted octanol–water partition coefficient (Wildman–Crippen LogP) is -0.208. The van der Waals surface area contributed by atoms with Crippen molar-refractivity contribution in [1.82, 2.24) is 10.2 Å². The lowest BCUT2D eigenvalue weighted by Crippen LogP contribution is -2.57. The largest absolute Gasteiger partial charge is 0.336 e. The average molecular weight is 199 g/mol.